The van der Waals surface area contributed by atoms with Gasteiger partial charge < -0.3 is 20.7 Å². The van der Waals surface area contributed by atoms with Gasteiger partial charge in [0.15, 0.2) is 12.6 Å². The third-order valence-electron chi connectivity index (χ3n) is 4.58. The van der Waals surface area contributed by atoms with Crippen LogP contribution in [-0.4, -0.2) is 43.1 Å². The van der Waals surface area contributed by atoms with Gasteiger partial charge in [-0.2, -0.15) is 0 Å². The maximum atomic E-state index is 11.7. The number of rotatable bonds is 9. The monoisotopic (exact) mass is 415 g/mol. The molecule has 0 unspecified atom stereocenters. The predicted octanol–water partition coefficient (Wildman–Crippen LogP) is 2.33. The molecule has 1 fully saturated rings. The molecule has 1 aliphatic rings. The number of ether oxygens (including phenoxy) is 1. The average molecular weight is 416 g/mol. The number of thiazole rings is 1. The van der Waals surface area contributed by atoms with Crippen LogP contribution in [0.25, 0.3) is 0 Å². The molecule has 0 atom stereocenters. The Morgan fingerprint density at radius 3 is 2.62 bits per heavy atom. The summed E-state index contributed by atoms with van der Waals surface area (Å²) in [5.41, 5.74) is 2.26. The lowest BCUT2D eigenvalue weighted by Crippen LogP contribution is -2.37. The quantitative estimate of drug-likeness (QED) is 0.432. The number of aromatic nitrogens is 1. The van der Waals surface area contributed by atoms with E-state index >= 15 is 0 Å². The maximum absolute atomic E-state index is 11.7. The minimum absolute atomic E-state index is 0.0525. The topological polar surface area (TPSA) is 87.6 Å². The molecule has 0 spiro atoms. The number of hydrogen-bond acceptors (Lipinski definition) is 5. The lowest BCUT2D eigenvalue weighted by molar-refractivity contribution is -0.123. The van der Waals surface area contributed by atoms with Crippen LogP contribution >= 0.6 is 11.3 Å². The summed E-state index contributed by atoms with van der Waals surface area (Å²) in [5.74, 6) is 1.43. The zero-order valence-electron chi connectivity index (χ0n) is 17.2. The van der Waals surface area contributed by atoms with E-state index in [0.29, 0.717) is 11.8 Å². The van der Waals surface area contributed by atoms with Crippen LogP contribution in [0.3, 0.4) is 0 Å². The Morgan fingerprint density at radius 2 is 2.00 bits per heavy atom. The zero-order chi connectivity index (χ0) is 20.6. The Hall–Kier alpha value is -2.61. The molecular weight excluding hydrogens is 386 g/mol. The first-order valence-corrected chi connectivity index (χ1v) is 10.7. The van der Waals surface area contributed by atoms with Gasteiger partial charge in [0.25, 0.3) is 5.91 Å². The number of nitrogens with one attached hydrogen (secondary N) is 3. The number of nitrogens with zero attached hydrogens (tertiary/aromatic N) is 2. The first kappa shape index (κ1) is 21.1. The van der Waals surface area contributed by atoms with Crippen LogP contribution in [0.5, 0.6) is 5.75 Å². The predicted molar refractivity (Wildman–Crippen MR) is 117 cm³/mol. The summed E-state index contributed by atoms with van der Waals surface area (Å²) in [6.45, 7) is 5.61. The molecule has 2 aromatic rings. The fourth-order valence-corrected chi connectivity index (χ4v) is 3.72. The van der Waals surface area contributed by atoms with Gasteiger partial charge in [-0.3, -0.25) is 9.79 Å². The summed E-state index contributed by atoms with van der Waals surface area (Å²) < 4.78 is 5.54. The van der Waals surface area contributed by atoms with Gasteiger partial charge in [0.2, 0.25) is 0 Å². The minimum atomic E-state index is -0.0525. The number of hydrogen-bond donors (Lipinski definition) is 3. The third kappa shape index (κ3) is 7.05. The molecule has 7 nitrogen and oxygen atoms in total. The van der Waals surface area contributed by atoms with Crippen LogP contribution in [0.4, 0.5) is 0 Å². The van der Waals surface area contributed by atoms with Gasteiger partial charge in [-0.05, 0) is 50.8 Å². The van der Waals surface area contributed by atoms with Crippen molar-refractivity contribution >= 4 is 23.2 Å². The molecule has 3 rings (SSSR count). The van der Waals surface area contributed by atoms with E-state index < -0.39 is 0 Å². The molecule has 156 valence electrons. The van der Waals surface area contributed by atoms with Crippen molar-refractivity contribution in [3.63, 3.8) is 0 Å². The van der Waals surface area contributed by atoms with E-state index in [1.165, 1.54) is 10.4 Å². The fourth-order valence-electron chi connectivity index (χ4n) is 2.85. The molecular formula is C21H29N5O2S. The van der Waals surface area contributed by atoms with Crippen molar-refractivity contribution in [1.29, 1.82) is 0 Å². The van der Waals surface area contributed by atoms with Crippen LogP contribution in [-0.2, 0) is 17.8 Å². The Morgan fingerprint density at radius 1 is 1.24 bits per heavy atom. The molecule has 1 amide bonds. The summed E-state index contributed by atoms with van der Waals surface area (Å²) in [5, 5.41) is 10.7. The van der Waals surface area contributed by atoms with E-state index in [1.54, 1.807) is 18.4 Å². The van der Waals surface area contributed by atoms with E-state index in [1.807, 2.05) is 38.1 Å². The molecule has 29 heavy (non-hydrogen) atoms. The minimum Gasteiger partial charge on any atom is -0.484 e. The van der Waals surface area contributed by atoms with Crippen molar-refractivity contribution < 1.29 is 9.53 Å². The number of amides is 1. The summed E-state index contributed by atoms with van der Waals surface area (Å²) in [6, 6.07) is 8.22. The highest BCUT2D eigenvalue weighted by Crippen LogP contribution is 2.19. The van der Waals surface area contributed by atoms with Crippen molar-refractivity contribution in [1.82, 2.24) is 20.9 Å². The standard InChI is InChI=1S/C21H29N5O2S/c1-14-19(29-15(2)25-14)12-24-21(22-3)23-11-10-16-4-8-18(9-5-16)28-13-20(27)26-17-6-7-17/h4-5,8-9,17H,6-7,10-13H2,1-3H3,(H,26,27)(H2,22,23,24). The second kappa shape index (κ2) is 10.2. The maximum Gasteiger partial charge on any atom is 0.258 e. The highest BCUT2D eigenvalue weighted by atomic mass is 32.1. The van der Waals surface area contributed by atoms with Crippen LogP contribution in [0.15, 0.2) is 29.3 Å². The molecule has 1 heterocycles. The largest absolute Gasteiger partial charge is 0.484 e. The summed E-state index contributed by atoms with van der Waals surface area (Å²) in [6.07, 6.45) is 3.03. The molecule has 1 aliphatic carbocycles. The van der Waals surface area contributed by atoms with Crippen LogP contribution in [0.1, 0.15) is 34.0 Å². The van der Waals surface area contributed by atoms with Gasteiger partial charge in [0.1, 0.15) is 5.75 Å². The SMILES string of the molecule is CN=C(NCCc1ccc(OCC(=O)NC2CC2)cc1)NCc1sc(C)nc1C. The average Bonchev–Trinajstić information content (AvgIpc) is 3.46. The van der Waals surface area contributed by atoms with Gasteiger partial charge in [-0.25, -0.2) is 4.98 Å². The number of benzene rings is 1. The lowest BCUT2D eigenvalue weighted by Gasteiger charge is -2.12. The Balaban J connectivity index is 1.36. The van der Waals surface area contributed by atoms with Crippen LogP contribution in [0.2, 0.25) is 0 Å². The smallest absolute Gasteiger partial charge is 0.258 e. The van der Waals surface area contributed by atoms with Gasteiger partial charge in [0.05, 0.1) is 17.2 Å². The molecule has 0 saturated heterocycles. The van der Waals surface area contributed by atoms with Crippen LogP contribution in [0, 0.1) is 13.8 Å². The Bertz CT molecular complexity index is 843. The first-order chi connectivity index (χ1) is 14.0. The van der Waals surface area contributed by atoms with E-state index in [4.69, 9.17) is 4.74 Å². The van der Waals surface area contributed by atoms with Gasteiger partial charge in [-0.1, -0.05) is 12.1 Å². The molecule has 1 saturated carbocycles. The highest BCUT2D eigenvalue weighted by molar-refractivity contribution is 7.11. The molecule has 1 aromatic carbocycles. The second-order valence-corrected chi connectivity index (χ2v) is 8.41. The number of carbonyl (C=O) groups is 1. The summed E-state index contributed by atoms with van der Waals surface area (Å²) in [7, 11) is 1.77. The molecule has 8 heteroatoms. The number of aryl methyl sites for hydroxylation is 2. The normalized spacial score (nSPS) is 13.8. The van der Waals surface area contributed by atoms with E-state index in [0.717, 1.165) is 49.0 Å². The van der Waals surface area contributed by atoms with E-state index in [2.05, 4.69) is 25.9 Å². The Labute approximate surface area is 176 Å². The summed E-state index contributed by atoms with van der Waals surface area (Å²) >= 11 is 1.71. The van der Waals surface area contributed by atoms with Gasteiger partial charge in [-0.15, -0.1) is 11.3 Å². The molecule has 0 aliphatic heterocycles. The van der Waals surface area contributed by atoms with E-state index in [-0.39, 0.29) is 12.5 Å². The van der Waals surface area contributed by atoms with Crippen molar-refractivity contribution in [3.05, 3.63) is 45.4 Å². The highest BCUT2D eigenvalue weighted by Gasteiger charge is 2.23. The van der Waals surface area contributed by atoms with Crippen molar-refractivity contribution in [2.24, 2.45) is 4.99 Å². The molecule has 0 radical (unpaired) electrons. The van der Waals surface area contributed by atoms with Gasteiger partial charge >= 0.3 is 0 Å². The van der Waals surface area contributed by atoms with Crippen molar-refractivity contribution in [2.75, 3.05) is 20.2 Å². The van der Waals surface area contributed by atoms with E-state index in [9.17, 15) is 4.79 Å². The number of aliphatic imine (C=N–C) groups is 1. The third-order valence-corrected chi connectivity index (χ3v) is 5.65. The van der Waals surface area contributed by atoms with Crippen molar-refractivity contribution in [3.8, 4) is 5.75 Å². The molecule has 1 aromatic heterocycles. The zero-order valence-corrected chi connectivity index (χ0v) is 18.1. The summed E-state index contributed by atoms with van der Waals surface area (Å²) in [4.78, 5) is 21.6. The Kier molecular flexibility index (Phi) is 7.46. The van der Waals surface area contributed by atoms with Crippen molar-refractivity contribution in [2.45, 2.75) is 45.7 Å². The fraction of sp³-hybridized carbons (Fsp3) is 0.476. The molecule has 0 bridgehead atoms. The number of carbonyl (C=O) groups excluding carboxylic acids is 1. The van der Waals surface area contributed by atoms with Gasteiger partial charge in [0, 0.05) is 24.5 Å². The second-order valence-electron chi connectivity index (χ2n) is 7.12. The number of guanidine groups is 1. The molecule has 3 N–H and O–H groups in total. The van der Waals surface area contributed by atoms with Crippen LogP contribution < -0.4 is 20.7 Å². The lowest BCUT2D eigenvalue weighted by atomic mass is 10.1. The first-order valence-electron chi connectivity index (χ1n) is 9.92.